The van der Waals surface area contributed by atoms with E-state index < -0.39 is 0 Å². The molecule has 4 rings (SSSR count). The van der Waals surface area contributed by atoms with E-state index in [1.807, 2.05) is 36.5 Å². The maximum atomic E-state index is 13.1. The van der Waals surface area contributed by atoms with Crippen molar-refractivity contribution in [3.63, 3.8) is 0 Å². The zero-order valence-electron chi connectivity index (χ0n) is 16.2. The van der Waals surface area contributed by atoms with Crippen LogP contribution in [0.4, 0.5) is 5.82 Å². The van der Waals surface area contributed by atoms with Crippen molar-refractivity contribution in [2.45, 2.75) is 51.5 Å². The van der Waals surface area contributed by atoms with Crippen LogP contribution in [0.1, 0.15) is 66.1 Å². The Hall–Kier alpha value is -2.36. The van der Waals surface area contributed by atoms with Crippen molar-refractivity contribution in [2.75, 3.05) is 24.5 Å². The Balaban J connectivity index is 1.58. The van der Waals surface area contributed by atoms with Gasteiger partial charge in [0.15, 0.2) is 0 Å². The number of pyridine rings is 1. The molecule has 0 N–H and O–H groups in total. The summed E-state index contributed by atoms with van der Waals surface area (Å²) in [5.41, 5.74) is 3.18. The molecule has 0 spiro atoms. The number of aryl methyl sites for hydroxylation is 1. The molecule has 0 aliphatic carbocycles. The molecule has 2 aliphatic rings. The number of piperidine rings is 2. The van der Waals surface area contributed by atoms with E-state index in [1.54, 1.807) is 0 Å². The van der Waals surface area contributed by atoms with Crippen LogP contribution in [0, 0.1) is 6.92 Å². The van der Waals surface area contributed by atoms with Gasteiger partial charge in [-0.2, -0.15) is 0 Å². The van der Waals surface area contributed by atoms with Crippen LogP contribution in [0.25, 0.3) is 0 Å². The van der Waals surface area contributed by atoms with Crippen molar-refractivity contribution in [2.24, 2.45) is 0 Å². The zero-order chi connectivity index (χ0) is 18.6. The number of hydrogen-bond acceptors (Lipinski definition) is 3. The van der Waals surface area contributed by atoms with Crippen LogP contribution < -0.4 is 4.90 Å². The predicted octanol–water partition coefficient (Wildman–Crippen LogP) is 4.75. The average molecular weight is 364 g/mol. The van der Waals surface area contributed by atoms with Gasteiger partial charge in [0.2, 0.25) is 0 Å². The first-order valence-corrected chi connectivity index (χ1v) is 10.3. The van der Waals surface area contributed by atoms with Gasteiger partial charge in [-0.3, -0.25) is 4.79 Å². The van der Waals surface area contributed by atoms with E-state index in [1.165, 1.54) is 30.4 Å². The van der Waals surface area contributed by atoms with Gasteiger partial charge in [0.1, 0.15) is 5.82 Å². The van der Waals surface area contributed by atoms with Gasteiger partial charge in [0, 0.05) is 31.4 Å². The van der Waals surface area contributed by atoms with Gasteiger partial charge in [-0.15, -0.1) is 0 Å². The van der Waals surface area contributed by atoms with Gasteiger partial charge in [-0.1, -0.05) is 18.2 Å². The summed E-state index contributed by atoms with van der Waals surface area (Å²) in [6.07, 6.45) is 9.10. The summed E-state index contributed by atoms with van der Waals surface area (Å²) in [7, 11) is 0. The lowest BCUT2D eigenvalue weighted by molar-refractivity contribution is 0.0611. The van der Waals surface area contributed by atoms with Crippen LogP contribution in [0.5, 0.6) is 0 Å². The van der Waals surface area contributed by atoms with E-state index in [0.29, 0.717) is 0 Å². The van der Waals surface area contributed by atoms with Crippen molar-refractivity contribution in [1.29, 1.82) is 0 Å². The van der Waals surface area contributed by atoms with Crippen molar-refractivity contribution < 1.29 is 4.79 Å². The second kappa shape index (κ2) is 8.12. The monoisotopic (exact) mass is 363 g/mol. The summed E-state index contributed by atoms with van der Waals surface area (Å²) in [5, 5.41) is 0. The molecule has 4 nitrogen and oxygen atoms in total. The first-order valence-electron chi connectivity index (χ1n) is 10.3. The van der Waals surface area contributed by atoms with Crippen LogP contribution in [0.2, 0.25) is 0 Å². The first kappa shape index (κ1) is 18.0. The summed E-state index contributed by atoms with van der Waals surface area (Å²) >= 11 is 0. The lowest BCUT2D eigenvalue weighted by Crippen LogP contribution is -2.38. The largest absolute Gasteiger partial charge is 0.356 e. The van der Waals surface area contributed by atoms with E-state index in [9.17, 15) is 4.79 Å². The molecule has 2 aliphatic heterocycles. The molecular weight excluding hydrogens is 334 g/mol. The number of hydrogen-bond donors (Lipinski definition) is 0. The molecular formula is C23H29N3O. The Morgan fingerprint density at radius 2 is 1.74 bits per heavy atom. The number of benzene rings is 1. The quantitative estimate of drug-likeness (QED) is 0.790. The number of amides is 1. The molecule has 0 radical (unpaired) electrons. The van der Waals surface area contributed by atoms with Gasteiger partial charge < -0.3 is 9.80 Å². The van der Waals surface area contributed by atoms with Crippen LogP contribution in [0.3, 0.4) is 0 Å². The summed E-state index contributed by atoms with van der Waals surface area (Å²) in [6.45, 7) is 5.20. The van der Waals surface area contributed by atoms with E-state index in [0.717, 1.165) is 50.3 Å². The molecule has 1 atom stereocenters. The van der Waals surface area contributed by atoms with Gasteiger partial charge in [-0.25, -0.2) is 4.98 Å². The highest BCUT2D eigenvalue weighted by Gasteiger charge is 2.29. The Bertz CT molecular complexity index is 783. The highest BCUT2D eigenvalue weighted by Crippen LogP contribution is 2.33. The van der Waals surface area contributed by atoms with Crippen LogP contribution in [-0.4, -0.2) is 35.4 Å². The fourth-order valence-corrected chi connectivity index (χ4v) is 4.48. The molecule has 1 amide bonds. The zero-order valence-corrected chi connectivity index (χ0v) is 16.2. The molecule has 0 saturated carbocycles. The minimum Gasteiger partial charge on any atom is -0.356 e. The summed E-state index contributed by atoms with van der Waals surface area (Å²) in [4.78, 5) is 22.4. The molecule has 27 heavy (non-hydrogen) atoms. The third kappa shape index (κ3) is 3.85. The Labute approximate surface area is 162 Å². The number of aromatic nitrogens is 1. The number of rotatable bonds is 3. The van der Waals surface area contributed by atoms with Crippen molar-refractivity contribution >= 4 is 11.7 Å². The lowest BCUT2D eigenvalue weighted by Gasteiger charge is -2.36. The van der Waals surface area contributed by atoms with Gasteiger partial charge in [0.05, 0.1) is 6.04 Å². The smallest absolute Gasteiger partial charge is 0.254 e. The van der Waals surface area contributed by atoms with Gasteiger partial charge in [0.25, 0.3) is 5.91 Å². The number of anilines is 1. The predicted molar refractivity (Wildman–Crippen MR) is 109 cm³/mol. The second-order valence-corrected chi connectivity index (χ2v) is 7.83. The van der Waals surface area contributed by atoms with E-state index >= 15 is 0 Å². The van der Waals surface area contributed by atoms with Crippen molar-refractivity contribution in [3.05, 3.63) is 59.3 Å². The van der Waals surface area contributed by atoms with Crippen LogP contribution in [0.15, 0.2) is 42.6 Å². The van der Waals surface area contributed by atoms with Crippen molar-refractivity contribution in [3.8, 4) is 0 Å². The number of nitrogens with zero attached hydrogens (tertiary/aromatic N) is 3. The molecule has 2 saturated heterocycles. The normalized spacial score (nSPS) is 20.6. The lowest BCUT2D eigenvalue weighted by atomic mass is 9.94. The first-order chi connectivity index (χ1) is 13.2. The highest BCUT2D eigenvalue weighted by molar-refractivity contribution is 5.94. The molecule has 2 fully saturated rings. The Kier molecular flexibility index (Phi) is 5.42. The summed E-state index contributed by atoms with van der Waals surface area (Å²) < 4.78 is 0. The maximum Gasteiger partial charge on any atom is 0.254 e. The number of likely N-dealkylation sites (tertiary alicyclic amines) is 1. The molecule has 1 aromatic carbocycles. The molecule has 142 valence electrons. The Morgan fingerprint density at radius 1 is 1.00 bits per heavy atom. The molecule has 1 aromatic heterocycles. The molecule has 0 bridgehead atoms. The highest BCUT2D eigenvalue weighted by atomic mass is 16.2. The van der Waals surface area contributed by atoms with E-state index in [2.05, 4.69) is 22.8 Å². The minimum absolute atomic E-state index is 0.132. The maximum absolute atomic E-state index is 13.1. The number of carbonyl (C=O) groups excluding carboxylic acids is 1. The number of carbonyl (C=O) groups is 1. The summed E-state index contributed by atoms with van der Waals surface area (Å²) in [6, 6.07) is 12.0. The van der Waals surface area contributed by atoms with Crippen molar-refractivity contribution in [1.82, 2.24) is 9.88 Å². The van der Waals surface area contributed by atoms with Gasteiger partial charge in [-0.05, 0) is 74.8 Å². The van der Waals surface area contributed by atoms with E-state index in [-0.39, 0.29) is 11.9 Å². The minimum atomic E-state index is 0.132. The third-order valence-corrected chi connectivity index (χ3v) is 5.90. The summed E-state index contributed by atoms with van der Waals surface area (Å²) in [5.74, 6) is 1.26. The molecule has 2 aromatic rings. The molecule has 3 heterocycles. The fraction of sp³-hybridized carbons (Fsp3) is 0.478. The molecule has 4 heteroatoms. The third-order valence-electron chi connectivity index (χ3n) is 5.90. The van der Waals surface area contributed by atoms with Gasteiger partial charge >= 0.3 is 0 Å². The standard InChI is InChI=1S/C23H29N3O/c1-18-16-20(17-24-22(18)25-13-7-3-8-14-25)21-12-6-9-15-26(21)23(27)19-10-4-2-5-11-19/h2,4-5,10-11,16-17,21H,3,6-9,12-15H2,1H3/t21-/m1/s1. The second-order valence-electron chi connectivity index (χ2n) is 7.83. The topological polar surface area (TPSA) is 36.4 Å². The fourth-order valence-electron chi connectivity index (χ4n) is 4.48. The average Bonchev–Trinajstić information content (AvgIpc) is 2.74. The van der Waals surface area contributed by atoms with Crippen LogP contribution >= 0.6 is 0 Å². The SMILES string of the molecule is Cc1cc([C@H]2CCCCN2C(=O)c2ccccc2)cnc1N1CCCCC1. The van der Waals surface area contributed by atoms with Crippen LogP contribution in [-0.2, 0) is 0 Å². The Morgan fingerprint density at radius 3 is 2.48 bits per heavy atom. The van der Waals surface area contributed by atoms with E-state index in [4.69, 9.17) is 4.98 Å². The molecule has 0 unspecified atom stereocenters.